The van der Waals surface area contributed by atoms with E-state index < -0.39 is 0 Å². The van der Waals surface area contributed by atoms with Crippen LogP contribution in [-0.2, 0) is 26.2 Å². The van der Waals surface area contributed by atoms with Crippen molar-refractivity contribution in [2.75, 3.05) is 0 Å². The van der Waals surface area contributed by atoms with Crippen LogP contribution in [0, 0.1) is 23.5 Å². The molecule has 2 rings (SSSR count). The second kappa shape index (κ2) is 11.9. The fourth-order valence-electron chi connectivity index (χ4n) is 2.44. The van der Waals surface area contributed by atoms with Crippen LogP contribution >= 0.6 is 0 Å². The Morgan fingerprint density at radius 3 is 1.91 bits per heavy atom. The van der Waals surface area contributed by atoms with Crippen LogP contribution in [0.1, 0.15) is 61.3 Å². The fourth-order valence-corrected chi connectivity index (χ4v) is 2.44. The molecule has 2 aliphatic carbocycles. The van der Waals surface area contributed by atoms with Gasteiger partial charge in [0, 0.05) is 0 Å². The summed E-state index contributed by atoms with van der Waals surface area (Å²) in [5.74, 6) is 0.773. The minimum absolute atomic E-state index is 0. The maximum absolute atomic E-state index is 3.44. The van der Waals surface area contributed by atoms with E-state index in [2.05, 4.69) is 72.8 Å². The van der Waals surface area contributed by atoms with Crippen LogP contribution in [0.25, 0.3) is 0 Å². The normalized spacial score (nSPS) is 17.6. The van der Waals surface area contributed by atoms with Crippen molar-refractivity contribution in [3.8, 4) is 0 Å². The zero-order valence-corrected chi connectivity index (χ0v) is 18.9. The number of allylic oxidation sites excluding steroid dienone is 8. The Morgan fingerprint density at radius 2 is 1.68 bits per heavy atom. The van der Waals surface area contributed by atoms with E-state index in [4.69, 9.17) is 0 Å². The summed E-state index contributed by atoms with van der Waals surface area (Å²) in [7, 11) is 0. The molecule has 0 aliphatic heterocycles. The molecule has 0 nitrogen and oxygen atoms in total. The maximum Gasteiger partial charge on any atom is 4.00 e. The van der Waals surface area contributed by atoms with Crippen molar-refractivity contribution < 1.29 is 51.0 Å². The van der Waals surface area contributed by atoms with Crippen molar-refractivity contribution >= 4 is 0 Å². The Bertz CT molecular complexity index is 452. The Kier molecular flexibility index (Phi) is 14.7. The van der Waals surface area contributed by atoms with Gasteiger partial charge >= 0.3 is 26.2 Å². The van der Waals surface area contributed by atoms with Gasteiger partial charge in [0.25, 0.3) is 0 Å². The summed E-state index contributed by atoms with van der Waals surface area (Å²) in [6.07, 6.45) is 13.3. The van der Waals surface area contributed by atoms with Crippen LogP contribution in [0.15, 0.2) is 34.4 Å². The van der Waals surface area contributed by atoms with E-state index in [9.17, 15) is 0 Å². The average Bonchev–Trinajstić information content (AvgIpc) is 2.84. The fraction of sp³-hybridized carbons (Fsp3) is 0.579. The molecular weight excluding hydrogens is 390 g/mol. The zero-order valence-electron chi connectivity index (χ0n) is 14.9. The Morgan fingerprint density at radius 1 is 1.14 bits per heavy atom. The van der Waals surface area contributed by atoms with Crippen LogP contribution in [-0.4, -0.2) is 0 Å². The molecule has 0 aromatic rings. The average molecular weight is 419 g/mol. The van der Waals surface area contributed by atoms with Gasteiger partial charge in [-0.1, -0.05) is 53.4 Å². The molecule has 0 saturated heterocycles. The summed E-state index contributed by atoms with van der Waals surface area (Å²) >= 11 is 0. The molecule has 0 bridgehead atoms. The van der Waals surface area contributed by atoms with Crippen LogP contribution < -0.4 is 24.8 Å². The SMILES string of the molecule is CC(C)CC1=[C-]CC=C1.CC1=[C-]C(C)(C)C(C)=C1C.[Cl-].[Cl-].[Zr+4]. The van der Waals surface area contributed by atoms with Crippen molar-refractivity contribution in [1.82, 2.24) is 0 Å². The third-order valence-corrected chi connectivity index (χ3v) is 3.96. The molecule has 0 heterocycles. The number of hydrogen-bond acceptors (Lipinski definition) is 0. The molecule has 0 fully saturated rings. The predicted octanol–water partition coefficient (Wildman–Crippen LogP) is -0.160. The van der Waals surface area contributed by atoms with E-state index in [1.165, 1.54) is 28.7 Å². The molecule has 0 spiro atoms. The summed E-state index contributed by atoms with van der Waals surface area (Å²) in [6.45, 7) is 15.4. The Balaban J connectivity index is -0.000000290. The van der Waals surface area contributed by atoms with Gasteiger partial charge < -0.3 is 24.8 Å². The van der Waals surface area contributed by atoms with Crippen LogP contribution in [0.3, 0.4) is 0 Å². The molecule has 0 aromatic carbocycles. The molecule has 0 N–H and O–H groups in total. The summed E-state index contributed by atoms with van der Waals surface area (Å²) < 4.78 is 0. The molecule has 0 amide bonds. The molecule has 0 saturated carbocycles. The summed E-state index contributed by atoms with van der Waals surface area (Å²) in [5, 5.41) is 0. The van der Waals surface area contributed by atoms with E-state index in [1.807, 2.05) is 0 Å². The monoisotopic (exact) mass is 416 g/mol. The molecular formula is C19H28Cl2Zr. The summed E-state index contributed by atoms with van der Waals surface area (Å²) in [6, 6.07) is 0. The molecule has 0 aromatic heterocycles. The molecule has 0 atom stereocenters. The Hall–Kier alpha value is 0.423. The predicted molar refractivity (Wildman–Crippen MR) is 84.6 cm³/mol. The van der Waals surface area contributed by atoms with Gasteiger partial charge in [0.2, 0.25) is 0 Å². The van der Waals surface area contributed by atoms with Gasteiger partial charge in [-0.15, -0.1) is 13.3 Å². The van der Waals surface area contributed by atoms with Gasteiger partial charge in [-0.05, 0) is 5.92 Å². The minimum Gasteiger partial charge on any atom is -1.00 e. The van der Waals surface area contributed by atoms with Crippen LogP contribution in [0.4, 0.5) is 0 Å². The first-order valence-corrected chi connectivity index (χ1v) is 7.30. The molecule has 22 heavy (non-hydrogen) atoms. The van der Waals surface area contributed by atoms with Crippen molar-refractivity contribution in [3.05, 3.63) is 46.6 Å². The summed E-state index contributed by atoms with van der Waals surface area (Å²) in [5.41, 5.74) is 5.79. The van der Waals surface area contributed by atoms with Gasteiger partial charge in [0.1, 0.15) is 0 Å². The first-order chi connectivity index (χ1) is 8.74. The van der Waals surface area contributed by atoms with Gasteiger partial charge in [-0.2, -0.15) is 17.2 Å². The second-order valence-corrected chi connectivity index (χ2v) is 6.53. The first-order valence-electron chi connectivity index (χ1n) is 7.30. The smallest absolute Gasteiger partial charge is 1.00 e. The quantitative estimate of drug-likeness (QED) is 0.547. The molecule has 2 aliphatic rings. The van der Waals surface area contributed by atoms with E-state index in [1.54, 1.807) is 0 Å². The van der Waals surface area contributed by atoms with Crippen molar-refractivity contribution in [2.24, 2.45) is 11.3 Å². The number of rotatable bonds is 2. The van der Waals surface area contributed by atoms with Crippen molar-refractivity contribution in [2.45, 2.75) is 61.3 Å². The zero-order chi connectivity index (χ0) is 14.6. The third kappa shape index (κ3) is 8.32. The van der Waals surface area contributed by atoms with Gasteiger partial charge in [-0.25, -0.2) is 17.2 Å². The Labute approximate surface area is 169 Å². The second-order valence-electron chi connectivity index (χ2n) is 6.53. The number of halogens is 2. The summed E-state index contributed by atoms with van der Waals surface area (Å²) in [4.78, 5) is 0. The first kappa shape index (κ1) is 27.3. The number of hydrogen-bond donors (Lipinski definition) is 0. The van der Waals surface area contributed by atoms with E-state index in [0.29, 0.717) is 0 Å². The van der Waals surface area contributed by atoms with Gasteiger partial charge in [0.15, 0.2) is 0 Å². The molecule has 0 radical (unpaired) electrons. The van der Waals surface area contributed by atoms with Crippen LogP contribution in [0.2, 0.25) is 0 Å². The van der Waals surface area contributed by atoms with E-state index >= 15 is 0 Å². The maximum atomic E-state index is 3.44. The van der Waals surface area contributed by atoms with Crippen molar-refractivity contribution in [3.63, 3.8) is 0 Å². The van der Waals surface area contributed by atoms with Crippen LogP contribution in [0.5, 0.6) is 0 Å². The molecule has 0 unspecified atom stereocenters. The molecule has 122 valence electrons. The minimum atomic E-state index is 0. The van der Waals surface area contributed by atoms with E-state index in [-0.39, 0.29) is 56.4 Å². The van der Waals surface area contributed by atoms with E-state index in [0.717, 1.165) is 12.3 Å². The van der Waals surface area contributed by atoms with Gasteiger partial charge in [0.05, 0.1) is 0 Å². The standard InChI is InChI=1S/C10H15.C9H13.2ClH.Zr/c1-7-6-10(4,5)9(3)8(7)2;1-8(2)7-9-5-3-4-6-9;;;/h1-5H3;3,5,8H,4,7H2,1-2H3;2*1H;/q2*-1;;;+4/p-2. The largest absolute Gasteiger partial charge is 4.00 e. The third-order valence-electron chi connectivity index (χ3n) is 3.96. The molecule has 3 heteroatoms. The van der Waals surface area contributed by atoms with Gasteiger partial charge in [-0.3, -0.25) is 12.2 Å². The van der Waals surface area contributed by atoms with Crippen molar-refractivity contribution in [1.29, 1.82) is 0 Å². The topological polar surface area (TPSA) is 0 Å².